The normalized spacial score (nSPS) is 11.7. The van der Waals surface area contributed by atoms with E-state index in [0.717, 1.165) is 5.69 Å². The van der Waals surface area contributed by atoms with E-state index in [1.807, 2.05) is 0 Å². The number of anilines is 3. The van der Waals surface area contributed by atoms with Crippen LogP contribution in [0.1, 0.15) is 11.1 Å². The molecule has 0 aliphatic carbocycles. The Morgan fingerprint density at radius 3 is 1.16 bits per heavy atom. The summed E-state index contributed by atoms with van der Waals surface area (Å²) in [5.41, 5.74) is 11.1. The summed E-state index contributed by atoms with van der Waals surface area (Å²) in [6.07, 6.45) is 0. The lowest BCUT2D eigenvalue weighted by Gasteiger charge is -2.29. The molecule has 0 heterocycles. The molecular weight excluding hydrogens is 687 g/mol. The van der Waals surface area contributed by atoms with Crippen molar-refractivity contribution in [2.45, 2.75) is 13.8 Å². The van der Waals surface area contributed by atoms with Gasteiger partial charge in [0.25, 0.3) is 0 Å². The topological polar surface area (TPSA) is 3.24 Å². The average molecular weight is 726 g/mol. The highest BCUT2D eigenvalue weighted by Gasteiger charge is 2.21. The van der Waals surface area contributed by atoms with Crippen molar-refractivity contribution < 1.29 is 0 Å². The van der Waals surface area contributed by atoms with E-state index in [1.165, 1.54) is 109 Å². The van der Waals surface area contributed by atoms with Crippen LogP contribution >= 0.6 is 0 Å². The summed E-state index contributed by atoms with van der Waals surface area (Å²) in [6, 6.07) is 74.1. The molecule has 0 bridgehead atoms. The van der Waals surface area contributed by atoms with Gasteiger partial charge >= 0.3 is 0 Å². The van der Waals surface area contributed by atoms with Gasteiger partial charge < -0.3 is 4.90 Å². The van der Waals surface area contributed by atoms with Gasteiger partial charge in [0.2, 0.25) is 0 Å². The Bertz CT molecular complexity index is 3250. The zero-order chi connectivity index (χ0) is 38.0. The fourth-order valence-electron chi connectivity index (χ4n) is 9.29. The molecule has 0 aliphatic heterocycles. The molecule has 0 radical (unpaired) electrons. The summed E-state index contributed by atoms with van der Waals surface area (Å²) < 4.78 is 0. The number of hydrogen-bond donors (Lipinski definition) is 0. The fraction of sp³-hybridized carbons (Fsp3) is 0.0357. The molecule has 0 saturated heterocycles. The summed E-state index contributed by atoms with van der Waals surface area (Å²) in [4.78, 5) is 2.46. The predicted molar refractivity (Wildman–Crippen MR) is 247 cm³/mol. The van der Waals surface area contributed by atoms with Crippen molar-refractivity contribution in [2.24, 2.45) is 0 Å². The molecule has 0 aromatic heterocycles. The van der Waals surface area contributed by atoms with Crippen LogP contribution in [0.15, 0.2) is 200 Å². The lowest BCUT2D eigenvalue weighted by Crippen LogP contribution is -2.11. The standard InChI is InChI=1S/C56H39N/c1-36-23-31-53(47-17-7-5-15-45(36)47)57(54-32-24-37(2)46-16-6-8-18-48(46)54)44-30-29-40-34-43(28-26-41(40)35-44)56-51-21-11-9-19-49(51)55(50-20-10-12-22-52(50)56)42-27-25-38-13-3-4-14-39(38)33-42/h3-35H,1-2H3. The van der Waals surface area contributed by atoms with Crippen molar-refractivity contribution in [1.29, 1.82) is 0 Å². The summed E-state index contributed by atoms with van der Waals surface area (Å²) in [5.74, 6) is 0. The third kappa shape index (κ3) is 5.39. The van der Waals surface area contributed by atoms with Crippen molar-refractivity contribution in [3.63, 3.8) is 0 Å². The van der Waals surface area contributed by atoms with Crippen LogP contribution in [0.5, 0.6) is 0 Å². The van der Waals surface area contributed by atoms with Gasteiger partial charge in [0.15, 0.2) is 0 Å². The van der Waals surface area contributed by atoms with Crippen molar-refractivity contribution in [3.05, 3.63) is 211 Å². The minimum atomic E-state index is 1.13. The van der Waals surface area contributed by atoms with Crippen molar-refractivity contribution in [2.75, 3.05) is 4.90 Å². The first-order valence-corrected chi connectivity index (χ1v) is 19.8. The summed E-state index contributed by atoms with van der Waals surface area (Å²) >= 11 is 0. The molecule has 0 fully saturated rings. The van der Waals surface area contributed by atoms with Gasteiger partial charge in [-0.2, -0.15) is 0 Å². The highest BCUT2D eigenvalue weighted by Crippen LogP contribution is 2.46. The van der Waals surface area contributed by atoms with E-state index in [0.29, 0.717) is 0 Å². The minimum Gasteiger partial charge on any atom is -0.309 e. The van der Waals surface area contributed by atoms with Gasteiger partial charge in [-0.25, -0.2) is 0 Å². The predicted octanol–water partition coefficient (Wildman–Crippen LogP) is 16.0. The minimum absolute atomic E-state index is 1.13. The first kappa shape index (κ1) is 33.1. The van der Waals surface area contributed by atoms with Gasteiger partial charge in [0.1, 0.15) is 0 Å². The van der Waals surface area contributed by atoms with Crippen molar-refractivity contribution in [3.8, 4) is 22.3 Å². The molecule has 0 saturated carbocycles. The average Bonchev–Trinajstić information content (AvgIpc) is 3.27. The molecule has 11 aromatic carbocycles. The Morgan fingerprint density at radius 1 is 0.281 bits per heavy atom. The van der Waals surface area contributed by atoms with E-state index in [1.54, 1.807) is 0 Å². The van der Waals surface area contributed by atoms with E-state index in [9.17, 15) is 0 Å². The van der Waals surface area contributed by atoms with Crippen LogP contribution < -0.4 is 4.90 Å². The highest BCUT2D eigenvalue weighted by atomic mass is 15.1. The van der Waals surface area contributed by atoms with Gasteiger partial charge in [0, 0.05) is 16.5 Å². The lowest BCUT2D eigenvalue weighted by molar-refractivity contribution is 1.31. The number of aryl methyl sites for hydroxylation is 2. The largest absolute Gasteiger partial charge is 0.309 e. The van der Waals surface area contributed by atoms with Gasteiger partial charge in [-0.3, -0.25) is 0 Å². The van der Waals surface area contributed by atoms with Crippen LogP contribution in [0, 0.1) is 13.8 Å². The Kier molecular flexibility index (Phi) is 7.69. The maximum atomic E-state index is 2.46. The van der Waals surface area contributed by atoms with E-state index in [4.69, 9.17) is 0 Å². The molecule has 0 spiro atoms. The second-order valence-corrected chi connectivity index (χ2v) is 15.4. The summed E-state index contributed by atoms with van der Waals surface area (Å²) in [5, 5.41) is 15.0. The molecular formula is C56H39N. The molecule has 57 heavy (non-hydrogen) atoms. The van der Waals surface area contributed by atoms with Gasteiger partial charge in [-0.15, -0.1) is 0 Å². The van der Waals surface area contributed by atoms with Crippen LogP contribution in [0.25, 0.3) is 86.9 Å². The van der Waals surface area contributed by atoms with Crippen LogP contribution in [-0.2, 0) is 0 Å². The number of fused-ring (bicyclic) bond motifs is 6. The van der Waals surface area contributed by atoms with Crippen LogP contribution in [-0.4, -0.2) is 0 Å². The number of rotatable bonds is 5. The van der Waals surface area contributed by atoms with Crippen LogP contribution in [0.4, 0.5) is 17.1 Å². The molecule has 0 atom stereocenters. The maximum absolute atomic E-state index is 2.46. The quantitative estimate of drug-likeness (QED) is 0.160. The summed E-state index contributed by atoms with van der Waals surface area (Å²) in [6.45, 7) is 4.41. The number of hydrogen-bond acceptors (Lipinski definition) is 1. The molecule has 0 amide bonds. The third-order valence-corrected chi connectivity index (χ3v) is 12.1. The Morgan fingerprint density at radius 2 is 0.649 bits per heavy atom. The van der Waals surface area contributed by atoms with Crippen molar-refractivity contribution in [1.82, 2.24) is 0 Å². The first-order chi connectivity index (χ1) is 28.1. The number of nitrogens with zero attached hydrogens (tertiary/aromatic N) is 1. The fourth-order valence-corrected chi connectivity index (χ4v) is 9.29. The highest BCUT2D eigenvalue weighted by molar-refractivity contribution is 6.22. The Labute approximate surface area is 332 Å². The van der Waals surface area contributed by atoms with Gasteiger partial charge in [-0.05, 0) is 137 Å². The second kappa shape index (κ2) is 13.2. The zero-order valence-corrected chi connectivity index (χ0v) is 32.0. The van der Waals surface area contributed by atoms with Crippen molar-refractivity contribution >= 4 is 81.7 Å². The maximum Gasteiger partial charge on any atom is 0.0540 e. The molecule has 1 heteroatoms. The zero-order valence-electron chi connectivity index (χ0n) is 32.0. The lowest BCUT2D eigenvalue weighted by atomic mass is 9.85. The monoisotopic (exact) mass is 725 g/mol. The molecule has 11 aromatic rings. The number of benzene rings is 11. The molecule has 11 rings (SSSR count). The van der Waals surface area contributed by atoms with E-state index >= 15 is 0 Å². The van der Waals surface area contributed by atoms with Gasteiger partial charge in [-0.1, -0.05) is 164 Å². The molecule has 0 aliphatic rings. The third-order valence-electron chi connectivity index (χ3n) is 12.1. The molecule has 268 valence electrons. The van der Waals surface area contributed by atoms with E-state index in [2.05, 4.69) is 219 Å². The van der Waals surface area contributed by atoms with E-state index < -0.39 is 0 Å². The molecule has 0 unspecified atom stereocenters. The smallest absolute Gasteiger partial charge is 0.0540 e. The Hall–Kier alpha value is -7.22. The summed E-state index contributed by atoms with van der Waals surface area (Å²) in [7, 11) is 0. The van der Waals surface area contributed by atoms with Crippen LogP contribution in [0.2, 0.25) is 0 Å². The molecule has 0 N–H and O–H groups in total. The second-order valence-electron chi connectivity index (χ2n) is 15.4. The SMILES string of the molecule is Cc1ccc(N(c2ccc3cc(-c4c5ccccc5c(-c5ccc6ccccc6c5)c5ccccc45)ccc3c2)c2ccc(C)c3ccccc23)c2ccccc12. The van der Waals surface area contributed by atoms with Gasteiger partial charge in [0.05, 0.1) is 11.4 Å². The first-order valence-electron chi connectivity index (χ1n) is 19.8. The molecule has 1 nitrogen and oxygen atoms in total. The van der Waals surface area contributed by atoms with Crippen LogP contribution in [0.3, 0.4) is 0 Å². The Balaban J connectivity index is 1.10. The van der Waals surface area contributed by atoms with E-state index in [-0.39, 0.29) is 0 Å².